The van der Waals surface area contributed by atoms with E-state index in [0.717, 1.165) is 39.8 Å². The second kappa shape index (κ2) is 8.03. The number of ether oxygens (including phenoxy) is 1. The Labute approximate surface area is 209 Å². The molecule has 5 heteroatoms. The fourth-order valence-electron chi connectivity index (χ4n) is 5.58. The lowest BCUT2D eigenvalue weighted by molar-refractivity contribution is -0.118. The number of ketones is 1. The predicted octanol–water partition coefficient (Wildman–Crippen LogP) is 8.07. The first kappa shape index (κ1) is 22.0. The van der Waals surface area contributed by atoms with E-state index in [9.17, 15) is 4.79 Å². The van der Waals surface area contributed by atoms with E-state index in [1.165, 1.54) is 5.39 Å². The Kier molecular flexibility index (Phi) is 5.05. The van der Waals surface area contributed by atoms with Gasteiger partial charge in [-0.2, -0.15) is 0 Å². The van der Waals surface area contributed by atoms with Crippen molar-refractivity contribution in [3.8, 4) is 17.1 Å². The highest BCUT2D eigenvalue weighted by atomic mass is 35.5. The number of carbonyl (C=O) groups is 1. The van der Waals surface area contributed by atoms with Gasteiger partial charge in [0.1, 0.15) is 23.3 Å². The zero-order valence-electron chi connectivity index (χ0n) is 19.9. The van der Waals surface area contributed by atoms with Crippen molar-refractivity contribution in [1.82, 2.24) is 0 Å². The normalized spacial score (nSPS) is 18.7. The van der Waals surface area contributed by atoms with Gasteiger partial charge < -0.3 is 14.5 Å². The molecule has 3 aromatic carbocycles. The smallest absolute Gasteiger partial charge is 0.162 e. The molecule has 0 spiro atoms. The number of rotatable bonds is 3. The molecular formula is C30H26ClNO3. The quantitative estimate of drug-likeness (QED) is 0.320. The Morgan fingerprint density at radius 2 is 1.86 bits per heavy atom. The molecule has 0 unspecified atom stereocenters. The molecule has 1 aliphatic heterocycles. The largest absolute Gasteiger partial charge is 0.496 e. The lowest BCUT2D eigenvalue weighted by Crippen LogP contribution is -2.33. The number of fused-ring (bicyclic) bond motifs is 4. The van der Waals surface area contributed by atoms with E-state index in [2.05, 4.69) is 49.5 Å². The van der Waals surface area contributed by atoms with Crippen LogP contribution >= 0.6 is 11.6 Å². The van der Waals surface area contributed by atoms with Crippen LogP contribution in [-0.4, -0.2) is 12.9 Å². The van der Waals surface area contributed by atoms with E-state index in [4.69, 9.17) is 20.8 Å². The Hall–Kier alpha value is -3.50. The van der Waals surface area contributed by atoms with Crippen molar-refractivity contribution >= 4 is 39.4 Å². The van der Waals surface area contributed by atoms with Gasteiger partial charge in [-0.15, -0.1) is 0 Å². The maximum atomic E-state index is 13.6. The summed E-state index contributed by atoms with van der Waals surface area (Å²) in [6.45, 7) is 4.35. The van der Waals surface area contributed by atoms with Crippen LogP contribution in [0.1, 0.15) is 44.1 Å². The molecule has 4 nitrogen and oxygen atoms in total. The van der Waals surface area contributed by atoms with E-state index >= 15 is 0 Å². The van der Waals surface area contributed by atoms with E-state index in [1.807, 2.05) is 30.3 Å². The topological polar surface area (TPSA) is 51.5 Å². The van der Waals surface area contributed by atoms with Gasteiger partial charge >= 0.3 is 0 Å². The van der Waals surface area contributed by atoms with Crippen LogP contribution in [-0.2, 0) is 4.79 Å². The monoisotopic (exact) mass is 483 g/mol. The average Bonchev–Trinajstić information content (AvgIpc) is 3.32. The summed E-state index contributed by atoms with van der Waals surface area (Å²) in [4.78, 5) is 13.6. The number of Topliss-reactive ketones (excluding diaryl/α,β-unsaturated/α-hetero) is 1. The second-order valence-electron chi connectivity index (χ2n) is 10.2. The van der Waals surface area contributed by atoms with Gasteiger partial charge in [-0.1, -0.05) is 55.8 Å². The fraction of sp³-hybridized carbons (Fsp3) is 0.233. The molecular weight excluding hydrogens is 458 g/mol. The maximum absolute atomic E-state index is 13.6. The molecule has 2 aliphatic rings. The minimum Gasteiger partial charge on any atom is -0.496 e. The highest BCUT2D eigenvalue weighted by molar-refractivity contribution is 6.31. The molecule has 1 atom stereocenters. The van der Waals surface area contributed by atoms with Gasteiger partial charge in [-0.25, -0.2) is 0 Å². The van der Waals surface area contributed by atoms with Gasteiger partial charge in [0.25, 0.3) is 0 Å². The van der Waals surface area contributed by atoms with Gasteiger partial charge in [-0.3, -0.25) is 4.79 Å². The summed E-state index contributed by atoms with van der Waals surface area (Å²) < 4.78 is 11.9. The molecule has 4 aromatic rings. The molecule has 0 saturated heterocycles. The van der Waals surface area contributed by atoms with Crippen molar-refractivity contribution in [3.63, 3.8) is 0 Å². The molecule has 176 valence electrons. The summed E-state index contributed by atoms with van der Waals surface area (Å²) in [6, 6.07) is 21.6. The Bertz CT molecular complexity index is 1530. The number of allylic oxidation sites excluding steroid dienone is 1. The van der Waals surface area contributed by atoms with Crippen molar-refractivity contribution in [3.05, 3.63) is 88.6 Å². The van der Waals surface area contributed by atoms with Gasteiger partial charge in [0.2, 0.25) is 0 Å². The third kappa shape index (κ3) is 3.64. The highest BCUT2D eigenvalue weighted by Gasteiger charge is 2.41. The van der Waals surface area contributed by atoms with Gasteiger partial charge in [0.05, 0.1) is 12.7 Å². The number of nitrogens with one attached hydrogen (secondary N) is 1. The summed E-state index contributed by atoms with van der Waals surface area (Å²) >= 11 is 6.26. The molecule has 6 rings (SSSR count). The van der Waals surface area contributed by atoms with Crippen molar-refractivity contribution in [2.45, 2.75) is 32.7 Å². The molecule has 0 radical (unpaired) electrons. The molecule has 0 amide bonds. The van der Waals surface area contributed by atoms with Crippen molar-refractivity contribution < 1.29 is 13.9 Å². The van der Waals surface area contributed by atoms with E-state index in [1.54, 1.807) is 13.2 Å². The van der Waals surface area contributed by atoms with E-state index < -0.39 is 0 Å². The van der Waals surface area contributed by atoms with E-state index in [-0.39, 0.29) is 17.2 Å². The van der Waals surface area contributed by atoms with Crippen molar-refractivity contribution in [2.24, 2.45) is 5.41 Å². The van der Waals surface area contributed by atoms with Crippen LogP contribution in [0.2, 0.25) is 5.02 Å². The number of methoxy groups -OCH3 is 1. The van der Waals surface area contributed by atoms with E-state index in [0.29, 0.717) is 28.7 Å². The van der Waals surface area contributed by atoms with Crippen molar-refractivity contribution in [1.29, 1.82) is 0 Å². The first-order valence-corrected chi connectivity index (χ1v) is 12.2. The zero-order valence-corrected chi connectivity index (χ0v) is 20.7. The minimum absolute atomic E-state index is 0.103. The number of carbonyl (C=O) groups excluding carboxylic acids is 1. The van der Waals surface area contributed by atoms with Gasteiger partial charge in [0.15, 0.2) is 5.78 Å². The SMILES string of the molecule is COc1ccc(Cl)cc1-c1ccc([C@H]2Nc3ccc4ccccc4c3C3=C2C(=O)CC(C)(C)C3)o1. The van der Waals surface area contributed by atoms with Crippen LogP contribution in [0.4, 0.5) is 5.69 Å². The molecule has 2 heterocycles. The summed E-state index contributed by atoms with van der Waals surface area (Å²) in [5, 5.41) is 6.57. The highest BCUT2D eigenvalue weighted by Crippen LogP contribution is 2.52. The third-order valence-corrected chi connectivity index (χ3v) is 7.31. The number of hydrogen-bond acceptors (Lipinski definition) is 4. The number of anilines is 1. The van der Waals surface area contributed by atoms with Crippen LogP contribution < -0.4 is 10.1 Å². The summed E-state index contributed by atoms with van der Waals surface area (Å²) in [6.07, 6.45) is 1.35. The standard InChI is InChI=1S/C30H26ClNO3/c1-30(2)15-21-27-19-7-5-4-6-17(19)8-10-22(27)32-29(28(21)23(33)16-30)26-13-12-25(35-26)20-14-18(31)9-11-24(20)34-3/h4-14,29,32H,15-16H2,1-3H3/t29-/m1/s1. The molecule has 0 saturated carbocycles. The minimum atomic E-state index is -0.360. The number of benzene rings is 3. The van der Waals surface area contributed by atoms with Crippen LogP contribution in [0.3, 0.4) is 0 Å². The lowest BCUT2D eigenvalue weighted by Gasteiger charge is -2.39. The molecule has 0 fully saturated rings. The van der Waals surface area contributed by atoms with Crippen LogP contribution in [0.15, 0.2) is 76.7 Å². The summed E-state index contributed by atoms with van der Waals surface area (Å²) in [5.41, 5.74) is 4.77. The Morgan fingerprint density at radius 3 is 2.69 bits per heavy atom. The second-order valence-corrected chi connectivity index (χ2v) is 10.6. The summed E-state index contributed by atoms with van der Waals surface area (Å²) in [5.74, 6) is 2.20. The molecule has 0 bridgehead atoms. The number of hydrogen-bond donors (Lipinski definition) is 1. The van der Waals surface area contributed by atoms with Crippen LogP contribution in [0.25, 0.3) is 27.7 Å². The first-order chi connectivity index (χ1) is 16.8. The molecule has 1 aliphatic carbocycles. The van der Waals surface area contributed by atoms with Gasteiger partial charge in [0, 0.05) is 28.3 Å². The molecule has 1 N–H and O–H groups in total. The lowest BCUT2D eigenvalue weighted by atomic mass is 9.68. The first-order valence-electron chi connectivity index (χ1n) is 11.8. The van der Waals surface area contributed by atoms with Crippen molar-refractivity contribution in [2.75, 3.05) is 12.4 Å². The summed E-state index contributed by atoms with van der Waals surface area (Å²) in [7, 11) is 1.63. The van der Waals surface area contributed by atoms with Crippen LogP contribution in [0, 0.1) is 5.41 Å². The average molecular weight is 484 g/mol. The fourth-order valence-corrected chi connectivity index (χ4v) is 5.75. The zero-order chi connectivity index (χ0) is 24.3. The number of furan rings is 1. The van der Waals surface area contributed by atoms with Crippen LogP contribution in [0.5, 0.6) is 5.75 Å². The molecule has 1 aromatic heterocycles. The Morgan fingerprint density at radius 1 is 1.03 bits per heavy atom. The predicted molar refractivity (Wildman–Crippen MR) is 141 cm³/mol. The maximum Gasteiger partial charge on any atom is 0.162 e. The third-order valence-electron chi connectivity index (χ3n) is 7.08. The molecule has 35 heavy (non-hydrogen) atoms. The Balaban J connectivity index is 1.53. The number of halogens is 1. The van der Waals surface area contributed by atoms with Gasteiger partial charge in [-0.05, 0) is 64.6 Å².